The van der Waals surface area contributed by atoms with Crippen molar-refractivity contribution in [3.05, 3.63) is 94.9 Å². The summed E-state index contributed by atoms with van der Waals surface area (Å²) in [5.41, 5.74) is 4.43. The third-order valence-electron chi connectivity index (χ3n) is 5.87. The summed E-state index contributed by atoms with van der Waals surface area (Å²) in [6.45, 7) is 6.53. The van der Waals surface area contributed by atoms with Gasteiger partial charge in [-0.1, -0.05) is 29.4 Å². The number of benzene rings is 3. The van der Waals surface area contributed by atoms with Crippen molar-refractivity contribution in [2.45, 2.75) is 33.9 Å². The minimum absolute atomic E-state index is 0.0686. The van der Waals surface area contributed by atoms with Crippen LogP contribution in [0.4, 0.5) is 5.69 Å². The number of carbonyl (C=O) groups excluding carboxylic acids is 1. The van der Waals surface area contributed by atoms with Crippen molar-refractivity contribution in [1.29, 1.82) is 0 Å². The van der Waals surface area contributed by atoms with E-state index >= 15 is 0 Å². The molecular weight excluding hydrogens is 504 g/mol. The molecule has 1 heterocycles. The molecule has 38 heavy (non-hydrogen) atoms. The van der Waals surface area contributed by atoms with Gasteiger partial charge >= 0.3 is 0 Å². The molecule has 0 saturated heterocycles. The predicted octanol–water partition coefficient (Wildman–Crippen LogP) is 4.65. The van der Waals surface area contributed by atoms with Crippen molar-refractivity contribution >= 4 is 21.6 Å². The topological polar surface area (TPSA) is 115 Å². The van der Waals surface area contributed by atoms with Gasteiger partial charge in [0.25, 0.3) is 5.91 Å². The summed E-state index contributed by atoms with van der Waals surface area (Å²) < 4.78 is 37.2. The van der Waals surface area contributed by atoms with Crippen LogP contribution in [0.15, 0.2) is 71.3 Å². The molecule has 0 atom stereocenters. The molecule has 0 unspecified atom stereocenters. The molecule has 0 aliphatic carbocycles. The molecule has 0 fully saturated rings. The van der Waals surface area contributed by atoms with E-state index in [1.165, 1.54) is 10.6 Å². The van der Waals surface area contributed by atoms with Crippen LogP contribution in [0.3, 0.4) is 0 Å². The van der Waals surface area contributed by atoms with Crippen LogP contribution in [0.5, 0.6) is 5.75 Å². The number of anilines is 1. The van der Waals surface area contributed by atoms with E-state index in [0.29, 0.717) is 23.7 Å². The lowest BCUT2D eigenvalue weighted by Crippen LogP contribution is -2.30. The van der Waals surface area contributed by atoms with Crippen molar-refractivity contribution in [2.24, 2.45) is 0 Å². The molecule has 4 aromatic rings. The van der Waals surface area contributed by atoms with E-state index in [2.05, 4.69) is 15.5 Å². The van der Waals surface area contributed by atoms with Gasteiger partial charge in [0.05, 0.1) is 31.6 Å². The summed E-state index contributed by atoms with van der Waals surface area (Å²) in [6.07, 6.45) is 1.19. The zero-order chi connectivity index (χ0) is 27.3. The van der Waals surface area contributed by atoms with Gasteiger partial charge in [0.1, 0.15) is 5.75 Å². The molecule has 0 spiro atoms. The molecule has 0 radical (unpaired) electrons. The van der Waals surface area contributed by atoms with Crippen LogP contribution in [-0.4, -0.2) is 37.3 Å². The van der Waals surface area contributed by atoms with Gasteiger partial charge in [0.2, 0.25) is 21.7 Å². The lowest BCUT2D eigenvalue weighted by molar-refractivity contribution is 0.0946. The van der Waals surface area contributed by atoms with Gasteiger partial charge in [-0.15, -0.1) is 0 Å². The smallest absolute Gasteiger partial charge is 0.251 e. The highest BCUT2D eigenvalue weighted by Gasteiger charge is 2.20. The first-order valence-electron chi connectivity index (χ1n) is 12.1. The summed E-state index contributed by atoms with van der Waals surface area (Å²) in [4.78, 5) is 17.0. The molecule has 10 heteroatoms. The average Bonchev–Trinajstić information content (AvgIpc) is 3.37. The number of hydrogen-bond acceptors (Lipinski definition) is 7. The maximum absolute atomic E-state index is 12.7. The second-order valence-corrected chi connectivity index (χ2v) is 10.8. The number of ether oxygens (including phenoxy) is 1. The molecule has 4 rings (SSSR count). The number of rotatable bonds is 10. The lowest BCUT2D eigenvalue weighted by atomic mass is 10.1. The first kappa shape index (κ1) is 26.9. The molecule has 1 aromatic heterocycles. The lowest BCUT2D eigenvalue weighted by Gasteiger charge is -2.25. The van der Waals surface area contributed by atoms with Crippen LogP contribution in [0.2, 0.25) is 0 Å². The Morgan fingerprint density at radius 2 is 1.74 bits per heavy atom. The fourth-order valence-electron chi connectivity index (χ4n) is 3.87. The molecule has 0 aliphatic heterocycles. The maximum atomic E-state index is 12.7. The van der Waals surface area contributed by atoms with Gasteiger partial charge < -0.3 is 14.6 Å². The molecule has 1 N–H and O–H groups in total. The summed E-state index contributed by atoms with van der Waals surface area (Å²) in [7, 11) is -3.52. The first-order chi connectivity index (χ1) is 18.1. The summed E-state index contributed by atoms with van der Waals surface area (Å²) >= 11 is 0. The van der Waals surface area contributed by atoms with E-state index in [0.717, 1.165) is 28.0 Å². The van der Waals surface area contributed by atoms with Crippen LogP contribution >= 0.6 is 0 Å². The number of aromatic nitrogens is 2. The number of amides is 1. The maximum Gasteiger partial charge on any atom is 0.251 e. The standard InChI is InChI=1S/C28H30N4O5S/c1-5-36-24-14-12-22(13-15-24)27-30-26(37-31-27)17-29-28(33)23-10-8-21(9-11-23)18-32(38(4,34)35)25-16-19(2)6-7-20(25)3/h6-16H,5,17-18H2,1-4H3,(H,29,33). The highest BCUT2D eigenvalue weighted by atomic mass is 32.2. The van der Waals surface area contributed by atoms with Crippen LogP contribution in [0.1, 0.15) is 39.9 Å². The Labute approximate surface area is 222 Å². The fraction of sp³-hybridized carbons (Fsp3) is 0.250. The minimum Gasteiger partial charge on any atom is -0.494 e. The highest BCUT2D eigenvalue weighted by molar-refractivity contribution is 7.92. The molecule has 0 saturated carbocycles. The average molecular weight is 535 g/mol. The fourth-order valence-corrected chi connectivity index (χ4v) is 4.80. The van der Waals surface area contributed by atoms with Crippen LogP contribution in [0, 0.1) is 13.8 Å². The molecule has 1 amide bonds. The number of nitrogens with one attached hydrogen (secondary N) is 1. The van der Waals surface area contributed by atoms with Crippen LogP contribution in [0.25, 0.3) is 11.4 Å². The Morgan fingerprint density at radius 3 is 2.39 bits per heavy atom. The van der Waals surface area contributed by atoms with E-state index in [4.69, 9.17) is 9.26 Å². The van der Waals surface area contributed by atoms with Crippen molar-refractivity contribution in [1.82, 2.24) is 15.5 Å². The molecule has 0 bridgehead atoms. The Bertz CT molecular complexity index is 1510. The second kappa shape index (κ2) is 11.5. The van der Waals surface area contributed by atoms with Crippen molar-refractivity contribution in [3.63, 3.8) is 0 Å². The Balaban J connectivity index is 1.39. The van der Waals surface area contributed by atoms with E-state index in [-0.39, 0.29) is 24.9 Å². The molecule has 0 aliphatic rings. The van der Waals surface area contributed by atoms with Crippen molar-refractivity contribution in [2.75, 3.05) is 17.2 Å². The van der Waals surface area contributed by atoms with Gasteiger partial charge in [-0.05, 0) is 79.9 Å². The van der Waals surface area contributed by atoms with Crippen LogP contribution < -0.4 is 14.4 Å². The summed E-state index contributed by atoms with van der Waals surface area (Å²) in [5.74, 6) is 1.14. The van der Waals surface area contributed by atoms with Crippen molar-refractivity contribution in [3.8, 4) is 17.1 Å². The number of aryl methyl sites for hydroxylation is 2. The largest absolute Gasteiger partial charge is 0.494 e. The van der Waals surface area contributed by atoms with E-state index in [1.54, 1.807) is 24.3 Å². The molecule has 198 valence electrons. The zero-order valence-electron chi connectivity index (χ0n) is 21.8. The number of sulfonamides is 1. The normalized spacial score (nSPS) is 11.3. The second-order valence-electron chi connectivity index (χ2n) is 8.91. The zero-order valence-corrected chi connectivity index (χ0v) is 22.6. The Kier molecular flexibility index (Phi) is 8.11. The summed E-state index contributed by atoms with van der Waals surface area (Å²) in [5, 5.41) is 6.74. The quantitative estimate of drug-likeness (QED) is 0.315. The molecular formula is C28H30N4O5S. The van der Waals surface area contributed by atoms with Crippen LogP contribution in [-0.2, 0) is 23.1 Å². The summed E-state index contributed by atoms with van der Waals surface area (Å²) in [6, 6.07) is 19.9. The number of nitrogens with zero attached hydrogens (tertiary/aromatic N) is 3. The first-order valence-corrected chi connectivity index (χ1v) is 14.0. The van der Waals surface area contributed by atoms with E-state index in [9.17, 15) is 13.2 Å². The minimum atomic E-state index is -3.52. The monoisotopic (exact) mass is 534 g/mol. The van der Waals surface area contributed by atoms with Gasteiger partial charge in [0.15, 0.2) is 0 Å². The van der Waals surface area contributed by atoms with Gasteiger partial charge in [-0.2, -0.15) is 4.98 Å². The Hall–Kier alpha value is -4.18. The molecule has 9 nitrogen and oxygen atoms in total. The Morgan fingerprint density at radius 1 is 1.03 bits per heavy atom. The number of carbonyl (C=O) groups is 1. The van der Waals surface area contributed by atoms with E-state index < -0.39 is 10.0 Å². The molecule has 3 aromatic carbocycles. The SMILES string of the molecule is CCOc1ccc(-c2noc(CNC(=O)c3ccc(CN(c4cc(C)ccc4C)S(C)(=O)=O)cc3)n2)cc1. The third-order valence-corrected chi connectivity index (χ3v) is 6.99. The highest BCUT2D eigenvalue weighted by Crippen LogP contribution is 2.26. The third kappa shape index (κ3) is 6.57. The predicted molar refractivity (Wildman–Crippen MR) is 145 cm³/mol. The van der Waals surface area contributed by atoms with Gasteiger partial charge in [0, 0.05) is 11.1 Å². The van der Waals surface area contributed by atoms with Crippen molar-refractivity contribution < 1.29 is 22.5 Å². The van der Waals surface area contributed by atoms with E-state index in [1.807, 2.05) is 63.2 Å². The van der Waals surface area contributed by atoms with Gasteiger partial charge in [-0.25, -0.2) is 8.42 Å². The number of hydrogen-bond donors (Lipinski definition) is 1. The van der Waals surface area contributed by atoms with Gasteiger partial charge in [-0.3, -0.25) is 9.10 Å².